The van der Waals surface area contributed by atoms with E-state index < -0.39 is 0 Å². The third-order valence-corrected chi connectivity index (χ3v) is 5.74. The van der Waals surface area contributed by atoms with Crippen LogP contribution >= 0.6 is 0 Å². The molecule has 1 amide bonds. The van der Waals surface area contributed by atoms with Gasteiger partial charge in [0.25, 0.3) is 0 Å². The Hall–Kier alpha value is -4.12. The van der Waals surface area contributed by atoms with E-state index in [9.17, 15) is 4.79 Å². The van der Waals surface area contributed by atoms with Crippen molar-refractivity contribution in [2.45, 2.75) is 20.4 Å². The van der Waals surface area contributed by atoms with Crippen LogP contribution in [0.3, 0.4) is 0 Å². The van der Waals surface area contributed by atoms with Crippen molar-refractivity contribution in [1.82, 2.24) is 14.3 Å². The second-order valence-electron chi connectivity index (χ2n) is 7.88. The van der Waals surface area contributed by atoms with Crippen LogP contribution in [0, 0.1) is 13.8 Å². The number of anilines is 1. The summed E-state index contributed by atoms with van der Waals surface area (Å²) in [6.07, 6.45) is 0. The molecule has 0 fully saturated rings. The average Bonchev–Trinajstić information content (AvgIpc) is 3.33. The summed E-state index contributed by atoms with van der Waals surface area (Å²) in [5, 5.41) is 8.86. The number of hydrogen-bond acceptors (Lipinski definition) is 2. The topological polar surface area (TPSA) is 51.9 Å². The second kappa shape index (κ2) is 8.19. The number of amides is 1. The molecule has 2 aromatic heterocycles. The fourth-order valence-electron chi connectivity index (χ4n) is 4.20. The molecule has 158 valence electrons. The molecule has 5 aromatic rings. The molecule has 0 aliphatic rings. The van der Waals surface area contributed by atoms with Crippen LogP contribution in [0.1, 0.15) is 11.4 Å². The SMILES string of the molecule is Cc1nn(-c2ccccc2)c(C)c1NC(=O)Cn1c(-c2ccccc2)cc2ccccc21. The Morgan fingerprint density at radius 1 is 0.875 bits per heavy atom. The summed E-state index contributed by atoms with van der Waals surface area (Å²) in [7, 11) is 0. The van der Waals surface area contributed by atoms with Gasteiger partial charge >= 0.3 is 0 Å². The molecule has 5 nitrogen and oxygen atoms in total. The molecule has 5 rings (SSSR count). The predicted octanol–water partition coefficient (Wildman–Crippen LogP) is 5.75. The number of para-hydroxylation sites is 2. The molecule has 0 aliphatic heterocycles. The van der Waals surface area contributed by atoms with Crippen LogP contribution in [0.5, 0.6) is 0 Å². The zero-order valence-electron chi connectivity index (χ0n) is 18.1. The third kappa shape index (κ3) is 3.58. The van der Waals surface area contributed by atoms with E-state index in [1.165, 1.54) is 0 Å². The molecule has 0 saturated carbocycles. The molecular formula is C27H24N4O. The number of benzene rings is 3. The Morgan fingerprint density at radius 3 is 2.28 bits per heavy atom. The van der Waals surface area contributed by atoms with Crippen LogP contribution < -0.4 is 5.32 Å². The fraction of sp³-hybridized carbons (Fsp3) is 0.111. The van der Waals surface area contributed by atoms with Crippen molar-refractivity contribution in [2.75, 3.05) is 5.32 Å². The minimum Gasteiger partial charge on any atom is -0.331 e. The molecule has 0 spiro atoms. The Morgan fingerprint density at radius 2 is 1.53 bits per heavy atom. The standard InChI is InChI=1S/C27H24N4O/c1-19-27(20(2)31(29-19)23-14-7-4-8-15-23)28-26(32)18-30-24-16-10-9-13-22(24)17-25(30)21-11-5-3-6-12-21/h3-17H,18H2,1-2H3,(H,28,32). The Kier molecular flexibility index (Phi) is 5.07. The first-order valence-electron chi connectivity index (χ1n) is 10.7. The molecule has 0 aliphatic carbocycles. The summed E-state index contributed by atoms with van der Waals surface area (Å²) >= 11 is 0. The van der Waals surface area contributed by atoms with Crippen molar-refractivity contribution in [3.05, 3.63) is 102 Å². The Labute approximate surface area is 186 Å². The molecule has 5 heteroatoms. The van der Waals surface area contributed by atoms with E-state index in [1.807, 2.05) is 79.2 Å². The molecule has 0 unspecified atom stereocenters. The Balaban J connectivity index is 1.48. The summed E-state index contributed by atoms with van der Waals surface area (Å²) < 4.78 is 3.94. The normalized spacial score (nSPS) is 11.1. The lowest BCUT2D eigenvalue weighted by Crippen LogP contribution is -2.20. The predicted molar refractivity (Wildman–Crippen MR) is 129 cm³/mol. The molecule has 3 aromatic carbocycles. The number of hydrogen-bond donors (Lipinski definition) is 1. The number of nitrogens with one attached hydrogen (secondary N) is 1. The van der Waals surface area contributed by atoms with E-state index in [0.29, 0.717) is 0 Å². The molecule has 0 radical (unpaired) electrons. The zero-order chi connectivity index (χ0) is 22.1. The lowest BCUT2D eigenvalue weighted by molar-refractivity contribution is -0.116. The maximum atomic E-state index is 13.2. The van der Waals surface area contributed by atoms with E-state index in [1.54, 1.807) is 0 Å². The molecule has 0 bridgehead atoms. The number of rotatable bonds is 5. The highest BCUT2D eigenvalue weighted by atomic mass is 16.2. The number of carbonyl (C=O) groups is 1. The van der Waals surface area contributed by atoms with E-state index in [4.69, 9.17) is 0 Å². The monoisotopic (exact) mass is 420 g/mol. The Bertz CT molecular complexity index is 1400. The highest BCUT2D eigenvalue weighted by Crippen LogP contribution is 2.29. The molecule has 0 atom stereocenters. The number of nitrogens with zero attached hydrogens (tertiary/aromatic N) is 3. The second-order valence-corrected chi connectivity index (χ2v) is 7.88. The van der Waals surface area contributed by atoms with E-state index in [0.717, 1.165) is 44.9 Å². The number of fused-ring (bicyclic) bond motifs is 1. The van der Waals surface area contributed by atoms with Gasteiger partial charge in [-0.25, -0.2) is 4.68 Å². The number of aryl methyl sites for hydroxylation is 1. The minimum absolute atomic E-state index is 0.0812. The van der Waals surface area contributed by atoms with E-state index in [-0.39, 0.29) is 12.5 Å². The van der Waals surface area contributed by atoms with Gasteiger partial charge in [0.05, 0.1) is 22.8 Å². The number of aromatic nitrogens is 3. The highest BCUT2D eigenvalue weighted by molar-refractivity contribution is 5.95. The van der Waals surface area contributed by atoms with Crippen molar-refractivity contribution >= 4 is 22.5 Å². The maximum absolute atomic E-state index is 13.2. The first kappa shape index (κ1) is 19.8. The van der Waals surface area contributed by atoms with Crippen molar-refractivity contribution < 1.29 is 4.79 Å². The summed E-state index contributed by atoms with van der Waals surface area (Å²) in [6, 6.07) is 30.4. The number of carbonyl (C=O) groups excluding carboxylic acids is 1. The summed E-state index contributed by atoms with van der Waals surface area (Å²) in [5.74, 6) is -0.0812. The van der Waals surface area contributed by atoms with E-state index >= 15 is 0 Å². The van der Waals surface area contributed by atoms with Crippen LogP contribution in [-0.4, -0.2) is 20.3 Å². The first-order valence-corrected chi connectivity index (χ1v) is 10.7. The van der Waals surface area contributed by atoms with Crippen LogP contribution in [0.15, 0.2) is 91.0 Å². The summed E-state index contributed by atoms with van der Waals surface area (Å²) in [5.41, 5.74) is 6.57. The molecule has 32 heavy (non-hydrogen) atoms. The van der Waals surface area contributed by atoms with Gasteiger partial charge in [0.2, 0.25) is 5.91 Å². The van der Waals surface area contributed by atoms with Crippen molar-refractivity contribution in [3.8, 4) is 16.9 Å². The molecule has 2 heterocycles. The average molecular weight is 421 g/mol. The van der Waals surface area contributed by atoms with Crippen LogP contribution in [0.4, 0.5) is 5.69 Å². The van der Waals surface area contributed by atoms with Gasteiger partial charge < -0.3 is 9.88 Å². The lowest BCUT2D eigenvalue weighted by Gasteiger charge is -2.12. The van der Waals surface area contributed by atoms with Crippen molar-refractivity contribution in [3.63, 3.8) is 0 Å². The smallest absolute Gasteiger partial charge is 0.244 e. The third-order valence-electron chi connectivity index (χ3n) is 5.74. The van der Waals surface area contributed by atoms with E-state index in [2.05, 4.69) is 45.3 Å². The zero-order valence-corrected chi connectivity index (χ0v) is 18.1. The van der Waals surface area contributed by atoms with Gasteiger partial charge in [-0.2, -0.15) is 5.10 Å². The van der Waals surface area contributed by atoms with Gasteiger partial charge in [0.15, 0.2) is 0 Å². The maximum Gasteiger partial charge on any atom is 0.244 e. The van der Waals surface area contributed by atoms with Gasteiger partial charge in [-0.05, 0) is 43.7 Å². The molecular weight excluding hydrogens is 396 g/mol. The largest absolute Gasteiger partial charge is 0.331 e. The van der Waals surface area contributed by atoms with Crippen molar-refractivity contribution in [1.29, 1.82) is 0 Å². The summed E-state index contributed by atoms with van der Waals surface area (Å²) in [6.45, 7) is 4.11. The lowest BCUT2D eigenvalue weighted by atomic mass is 10.1. The summed E-state index contributed by atoms with van der Waals surface area (Å²) in [4.78, 5) is 13.2. The molecule has 0 saturated heterocycles. The van der Waals surface area contributed by atoms with Gasteiger partial charge in [0, 0.05) is 16.6 Å². The fourth-order valence-corrected chi connectivity index (χ4v) is 4.20. The van der Waals surface area contributed by atoms with Crippen LogP contribution in [0.25, 0.3) is 27.8 Å². The van der Waals surface area contributed by atoms with Gasteiger partial charge in [-0.1, -0.05) is 66.7 Å². The van der Waals surface area contributed by atoms with Crippen LogP contribution in [-0.2, 0) is 11.3 Å². The van der Waals surface area contributed by atoms with Gasteiger partial charge in [-0.15, -0.1) is 0 Å². The van der Waals surface area contributed by atoms with Crippen molar-refractivity contribution in [2.24, 2.45) is 0 Å². The van der Waals surface area contributed by atoms with Crippen LogP contribution in [0.2, 0.25) is 0 Å². The van der Waals surface area contributed by atoms with Gasteiger partial charge in [-0.3, -0.25) is 4.79 Å². The van der Waals surface area contributed by atoms with Gasteiger partial charge in [0.1, 0.15) is 6.54 Å². The minimum atomic E-state index is -0.0812. The quantitative estimate of drug-likeness (QED) is 0.394. The highest BCUT2D eigenvalue weighted by Gasteiger charge is 2.18. The molecule has 1 N–H and O–H groups in total. The first-order chi connectivity index (χ1) is 15.6.